The Morgan fingerprint density at radius 3 is 2.67 bits per heavy atom. The Hall–Kier alpha value is -1.03. The second kappa shape index (κ2) is 5.31. The molecule has 100 valence electrons. The van der Waals surface area contributed by atoms with Crippen molar-refractivity contribution in [3.63, 3.8) is 0 Å². The van der Waals surface area contributed by atoms with Crippen LogP contribution in [0.4, 0.5) is 10.7 Å². The number of carbonyl (C=O) groups is 1. The predicted octanol–water partition coefficient (Wildman–Crippen LogP) is 3.87. The topological polar surface area (TPSA) is 55.1 Å². The molecule has 1 saturated carbocycles. The molecule has 0 radical (unpaired) electrons. The van der Waals surface area contributed by atoms with Gasteiger partial charge in [0.2, 0.25) is 0 Å². The first-order valence-corrected chi connectivity index (χ1v) is 7.58. The molecular weight excluding hydrogens is 244 g/mol. The molecule has 1 aromatic heterocycles. The van der Waals surface area contributed by atoms with E-state index in [1.807, 2.05) is 13.8 Å². The minimum Gasteiger partial charge on any atom is -0.397 e. The fourth-order valence-corrected chi connectivity index (χ4v) is 3.37. The van der Waals surface area contributed by atoms with E-state index in [-0.39, 0.29) is 11.7 Å². The molecule has 0 aromatic carbocycles. The maximum absolute atomic E-state index is 12.2. The van der Waals surface area contributed by atoms with Gasteiger partial charge in [0.15, 0.2) is 5.78 Å². The zero-order valence-electron chi connectivity index (χ0n) is 11.4. The average molecular weight is 266 g/mol. The number of anilines is 2. The van der Waals surface area contributed by atoms with Crippen molar-refractivity contribution < 1.29 is 4.79 Å². The third kappa shape index (κ3) is 2.53. The van der Waals surface area contributed by atoms with Crippen molar-refractivity contribution in [1.29, 1.82) is 0 Å². The number of carbonyl (C=O) groups excluding carboxylic acids is 1. The normalized spacial score (nSPS) is 15.1. The Labute approximate surface area is 113 Å². The third-order valence-electron chi connectivity index (χ3n) is 3.25. The monoisotopic (exact) mass is 266 g/mol. The number of Topliss-reactive ketones (excluding diaryl/α,β-unsaturated/α-hetero) is 1. The average Bonchev–Trinajstić information content (AvgIpc) is 3.10. The van der Waals surface area contributed by atoms with Crippen LogP contribution in [-0.4, -0.2) is 12.3 Å². The summed E-state index contributed by atoms with van der Waals surface area (Å²) in [5.74, 6) is 0.760. The summed E-state index contributed by atoms with van der Waals surface area (Å²) in [7, 11) is 0. The van der Waals surface area contributed by atoms with Gasteiger partial charge in [0.25, 0.3) is 0 Å². The van der Waals surface area contributed by atoms with E-state index in [1.54, 1.807) is 11.3 Å². The van der Waals surface area contributed by atoms with Crippen molar-refractivity contribution >= 4 is 27.8 Å². The fraction of sp³-hybridized carbons (Fsp3) is 0.643. The van der Waals surface area contributed by atoms with Crippen LogP contribution in [-0.2, 0) is 0 Å². The van der Waals surface area contributed by atoms with Crippen molar-refractivity contribution in [1.82, 2.24) is 0 Å². The Bertz CT molecular complexity index is 447. The molecule has 0 atom stereocenters. The van der Waals surface area contributed by atoms with Gasteiger partial charge in [0, 0.05) is 18.0 Å². The molecule has 1 aliphatic rings. The molecule has 4 heteroatoms. The molecule has 0 amide bonds. The molecule has 1 heterocycles. The lowest BCUT2D eigenvalue weighted by molar-refractivity contribution is 0.0944. The van der Waals surface area contributed by atoms with E-state index in [4.69, 9.17) is 5.73 Å². The first-order chi connectivity index (χ1) is 8.56. The second-order valence-electron chi connectivity index (χ2n) is 5.31. The first-order valence-electron chi connectivity index (χ1n) is 6.76. The van der Waals surface area contributed by atoms with E-state index in [0.29, 0.717) is 5.92 Å². The van der Waals surface area contributed by atoms with Crippen LogP contribution in [0.15, 0.2) is 0 Å². The first kappa shape index (κ1) is 13.4. The Balaban J connectivity index is 2.34. The summed E-state index contributed by atoms with van der Waals surface area (Å²) in [6.45, 7) is 6.94. The number of rotatable bonds is 6. The molecule has 0 bridgehead atoms. The smallest absolute Gasteiger partial charge is 0.177 e. The van der Waals surface area contributed by atoms with Gasteiger partial charge in [0.05, 0.1) is 15.6 Å². The van der Waals surface area contributed by atoms with Crippen molar-refractivity contribution in [3.8, 4) is 0 Å². The van der Waals surface area contributed by atoms with E-state index in [1.165, 1.54) is 18.4 Å². The predicted molar refractivity (Wildman–Crippen MR) is 78.7 cm³/mol. The fourth-order valence-electron chi connectivity index (χ4n) is 2.05. The van der Waals surface area contributed by atoms with Crippen LogP contribution >= 0.6 is 11.3 Å². The maximum Gasteiger partial charge on any atom is 0.177 e. The van der Waals surface area contributed by atoms with E-state index < -0.39 is 0 Å². The Kier molecular flexibility index (Phi) is 3.95. The van der Waals surface area contributed by atoms with Gasteiger partial charge in [-0.15, -0.1) is 11.3 Å². The van der Waals surface area contributed by atoms with Crippen LogP contribution in [0.5, 0.6) is 0 Å². The number of thiophene rings is 1. The Morgan fingerprint density at radius 2 is 2.17 bits per heavy atom. The van der Waals surface area contributed by atoms with E-state index in [9.17, 15) is 4.79 Å². The van der Waals surface area contributed by atoms with Gasteiger partial charge in [-0.2, -0.15) is 0 Å². The van der Waals surface area contributed by atoms with Crippen molar-refractivity contribution in [3.05, 3.63) is 10.4 Å². The maximum atomic E-state index is 12.2. The number of nitrogens with one attached hydrogen (secondary N) is 1. The lowest BCUT2D eigenvalue weighted by Crippen LogP contribution is -2.08. The van der Waals surface area contributed by atoms with Gasteiger partial charge in [-0.1, -0.05) is 20.8 Å². The van der Waals surface area contributed by atoms with Crippen molar-refractivity contribution in [2.24, 2.45) is 5.92 Å². The molecule has 0 aliphatic heterocycles. The minimum atomic E-state index is 0.0111. The minimum absolute atomic E-state index is 0.0111. The summed E-state index contributed by atoms with van der Waals surface area (Å²) in [5, 5.41) is 4.55. The molecule has 2 rings (SSSR count). The zero-order chi connectivity index (χ0) is 13.3. The largest absolute Gasteiger partial charge is 0.397 e. The Morgan fingerprint density at radius 1 is 1.50 bits per heavy atom. The van der Waals surface area contributed by atoms with Crippen LogP contribution in [0, 0.1) is 5.92 Å². The standard InChI is InChI=1S/C14H22N2OS/c1-4-7-16-14-10(9-5-6-9)11(15)13(18-14)12(17)8(2)3/h8-9,16H,4-7,15H2,1-3H3. The zero-order valence-corrected chi connectivity index (χ0v) is 12.2. The number of nitrogens with two attached hydrogens (primary N) is 1. The molecular formula is C14H22N2OS. The highest BCUT2D eigenvalue weighted by atomic mass is 32.1. The van der Waals surface area contributed by atoms with E-state index in [0.717, 1.165) is 28.5 Å². The molecule has 1 aliphatic carbocycles. The quantitative estimate of drug-likeness (QED) is 0.768. The highest BCUT2D eigenvalue weighted by Gasteiger charge is 2.33. The highest BCUT2D eigenvalue weighted by molar-refractivity contribution is 7.18. The lowest BCUT2D eigenvalue weighted by atomic mass is 10.0. The van der Waals surface area contributed by atoms with Gasteiger partial charge in [-0.05, 0) is 25.2 Å². The summed E-state index contributed by atoms with van der Waals surface area (Å²) >= 11 is 1.55. The van der Waals surface area contributed by atoms with Gasteiger partial charge in [-0.25, -0.2) is 0 Å². The molecule has 3 nitrogen and oxygen atoms in total. The number of ketones is 1. The van der Waals surface area contributed by atoms with Gasteiger partial charge < -0.3 is 11.1 Å². The number of hydrogen-bond acceptors (Lipinski definition) is 4. The van der Waals surface area contributed by atoms with Gasteiger partial charge in [0.1, 0.15) is 0 Å². The molecule has 18 heavy (non-hydrogen) atoms. The number of nitrogen functional groups attached to an aromatic ring is 1. The van der Waals surface area contributed by atoms with Crippen LogP contribution < -0.4 is 11.1 Å². The third-order valence-corrected chi connectivity index (χ3v) is 4.45. The lowest BCUT2D eigenvalue weighted by Gasteiger charge is -2.05. The number of hydrogen-bond donors (Lipinski definition) is 2. The van der Waals surface area contributed by atoms with Crippen LogP contribution in [0.3, 0.4) is 0 Å². The summed E-state index contributed by atoms with van der Waals surface area (Å²) in [6.07, 6.45) is 3.49. The van der Waals surface area contributed by atoms with Crippen LogP contribution in [0.2, 0.25) is 0 Å². The summed E-state index contributed by atoms with van der Waals surface area (Å²) in [4.78, 5) is 12.9. The molecule has 0 saturated heterocycles. The molecule has 0 unspecified atom stereocenters. The van der Waals surface area contributed by atoms with Crippen molar-refractivity contribution in [2.75, 3.05) is 17.6 Å². The summed E-state index contributed by atoms with van der Waals surface area (Å²) in [5.41, 5.74) is 8.15. The SMILES string of the molecule is CCCNc1sc(C(=O)C(C)C)c(N)c1C1CC1. The molecule has 1 fully saturated rings. The molecule has 0 spiro atoms. The molecule has 3 N–H and O–H groups in total. The summed E-state index contributed by atoms with van der Waals surface area (Å²) < 4.78 is 0. The second-order valence-corrected chi connectivity index (χ2v) is 6.33. The van der Waals surface area contributed by atoms with Crippen LogP contribution in [0.25, 0.3) is 0 Å². The summed E-state index contributed by atoms with van der Waals surface area (Å²) in [6, 6.07) is 0. The molecule has 1 aromatic rings. The highest BCUT2D eigenvalue weighted by Crippen LogP contribution is 2.51. The van der Waals surface area contributed by atoms with Gasteiger partial charge >= 0.3 is 0 Å². The van der Waals surface area contributed by atoms with Crippen LogP contribution in [0.1, 0.15) is 61.2 Å². The van der Waals surface area contributed by atoms with E-state index in [2.05, 4.69) is 12.2 Å². The van der Waals surface area contributed by atoms with Gasteiger partial charge in [-0.3, -0.25) is 4.79 Å². The van der Waals surface area contributed by atoms with E-state index >= 15 is 0 Å². The van der Waals surface area contributed by atoms with Crippen molar-refractivity contribution in [2.45, 2.75) is 46.0 Å².